The smallest absolute Gasteiger partial charge is 0.422 e. The van der Waals surface area contributed by atoms with Crippen molar-refractivity contribution in [2.45, 2.75) is 56.3 Å². The number of aromatic nitrogens is 3. The molecule has 12 heteroatoms. The number of amides is 2. The van der Waals surface area contributed by atoms with Crippen LogP contribution in [0.15, 0.2) is 36.5 Å². The van der Waals surface area contributed by atoms with Gasteiger partial charge in [-0.25, -0.2) is 9.67 Å². The maximum Gasteiger partial charge on any atom is 0.422 e. The van der Waals surface area contributed by atoms with Crippen LogP contribution in [0.5, 0.6) is 5.75 Å². The SMILES string of the molecule is Cc1ccc(-n2nc3c(c2C(=O)NCC2(O)CC2)C(=O)N[C@@]2(CCc4cc(OCC(F)(F)F)ccc42)C3)nc1. The second-order valence-corrected chi connectivity index (χ2v) is 10.6. The van der Waals surface area contributed by atoms with Crippen molar-refractivity contribution in [1.82, 2.24) is 25.4 Å². The first-order chi connectivity index (χ1) is 18.5. The number of rotatable bonds is 6. The molecule has 1 atom stereocenters. The number of hydrogen-bond donors (Lipinski definition) is 3. The largest absolute Gasteiger partial charge is 0.484 e. The molecule has 0 bridgehead atoms. The lowest BCUT2D eigenvalue weighted by atomic mass is 9.82. The fourth-order valence-electron chi connectivity index (χ4n) is 5.34. The maximum atomic E-state index is 13.6. The van der Waals surface area contributed by atoms with E-state index in [0.717, 1.165) is 16.7 Å². The summed E-state index contributed by atoms with van der Waals surface area (Å²) in [6, 6.07) is 8.26. The van der Waals surface area contributed by atoms with Gasteiger partial charge in [0.1, 0.15) is 11.4 Å². The van der Waals surface area contributed by atoms with E-state index >= 15 is 0 Å². The van der Waals surface area contributed by atoms with E-state index in [0.29, 0.717) is 37.2 Å². The van der Waals surface area contributed by atoms with Gasteiger partial charge < -0.3 is 20.5 Å². The van der Waals surface area contributed by atoms with E-state index < -0.39 is 35.7 Å². The first-order valence-electron chi connectivity index (χ1n) is 12.7. The van der Waals surface area contributed by atoms with Gasteiger partial charge in [-0.3, -0.25) is 9.59 Å². The first-order valence-corrected chi connectivity index (χ1v) is 12.7. The summed E-state index contributed by atoms with van der Waals surface area (Å²) >= 11 is 0. The van der Waals surface area contributed by atoms with Gasteiger partial charge in [-0.2, -0.15) is 18.3 Å². The van der Waals surface area contributed by atoms with Crippen LogP contribution in [0.4, 0.5) is 13.2 Å². The number of nitrogens with zero attached hydrogens (tertiary/aromatic N) is 3. The number of halogens is 3. The zero-order chi connectivity index (χ0) is 27.6. The molecule has 3 aliphatic rings. The van der Waals surface area contributed by atoms with Gasteiger partial charge >= 0.3 is 6.18 Å². The van der Waals surface area contributed by atoms with Crippen LogP contribution < -0.4 is 15.4 Å². The number of aryl methyl sites for hydroxylation is 2. The molecule has 1 aromatic carbocycles. The number of pyridine rings is 1. The molecule has 0 radical (unpaired) electrons. The number of nitrogens with one attached hydrogen (secondary N) is 2. The monoisotopic (exact) mass is 541 g/mol. The van der Waals surface area contributed by atoms with Crippen molar-refractivity contribution in [3.8, 4) is 11.6 Å². The summed E-state index contributed by atoms with van der Waals surface area (Å²) in [5, 5.41) is 20.7. The van der Waals surface area contributed by atoms with Crippen LogP contribution in [0.3, 0.4) is 0 Å². The molecule has 1 aliphatic heterocycles. The summed E-state index contributed by atoms with van der Waals surface area (Å²) in [5.74, 6) is -0.548. The van der Waals surface area contributed by atoms with E-state index in [9.17, 15) is 27.9 Å². The Morgan fingerprint density at radius 2 is 2.03 bits per heavy atom. The van der Waals surface area contributed by atoms with E-state index in [1.54, 1.807) is 24.4 Å². The van der Waals surface area contributed by atoms with Crippen molar-refractivity contribution in [1.29, 1.82) is 0 Å². The van der Waals surface area contributed by atoms with Crippen molar-refractivity contribution < 1.29 is 32.6 Å². The fraction of sp³-hybridized carbons (Fsp3) is 0.407. The molecule has 204 valence electrons. The minimum absolute atomic E-state index is 0.0343. The lowest BCUT2D eigenvalue weighted by molar-refractivity contribution is -0.153. The summed E-state index contributed by atoms with van der Waals surface area (Å²) in [4.78, 5) is 31.4. The van der Waals surface area contributed by atoms with E-state index in [2.05, 4.69) is 20.7 Å². The highest BCUT2D eigenvalue weighted by Gasteiger charge is 2.48. The average Bonchev–Trinajstić information content (AvgIpc) is 3.35. The highest BCUT2D eigenvalue weighted by atomic mass is 19.4. The van der Waals surface area contributed by atoms with E-state index in [-0.39, 0.29) is 30.0 Å². The van der Waals surface area contributed by atoms with Gasteiger partial charge in [0.15, 0.2) is 12.4 Å². The van der Waals surface area contributed by atoms with Gasteiger partial charge in [0, 0.05) is 19.2 Å². The lowest BCUT2D eigenvalue weighted by Gasteiger charge is -2.35. The molecule has 3 heterocycles. The summed E-state index contributed by atoms with van der Waals surface area (Å²) in [6.45, 7) is 0.553. The molecule has 3 aromatic rings. The quantitative estimate of drug-likeness (QED) is 0.442. The Bertz CT molecular complexity index is 1480. The molecule has 6 rings (SSSR count). The van der Waals surface area contributed by atoms with Crippen LogP contribution in [0.2, 0.25) is 0 Å². The normalized spacial score (nSPS) is 20.8. The van der Waals surface area contributed by atoms with Crippen LogP contribution in [0.25, 0.3) is 5.82 Å². The third-order valence-electron chi connectivity index (χ3n) is 7.56. The first kappa shape index (κ1) is 25.4. The number of alkyl halides is 3. The Balaban J connectivity index is 1.35. The topological polar surface area (TPSA) is 118 Å². The molecule has 9 nitrogen and oxygen atoms in total. The maximum absolute atomic E-state index is 13.6. The Hall–Kier alpha value is -3.93. The molecule has 2 aromatic heterocycles. The molecule has 0 saturated heterocycles. The summed E-state index contributed by atoms with van der Waals surface area (Å²) in [7, 11) is 0. The third-order valence-corrected chi connectivity index (χ3v) is 7.56. The molecule has 1 fully saturated rings. The highest BCUT2D eigenvalue weighted by Crippen LogP contribution is 2.44. The molecule has 2 aliphatic carbocycles. The molecule has 3 N–H and O–H groups in total. The van der Waals surface area contributed by atoms with Crippen molar-refractivity contribution in [3.63, 3.8) is 0 Å². The Morgan fingerprint density at radius 1 is 1.23 bits per heavy atom. The molecule has 1 saturated carbocycles. The minimum Gasteiger partial charge on any atom is -0.484 e. The lowest BCUT2D eigenvalue weighted by Crippen LogP contribution is -2.50. The summed E-state index contributed by atoms with van der Waals surface area (Å²) < 4.78 is 44.1. The Kier molecular flexibility index (Phi) is 5.72. The second kappa shape index (κ2) is 8.80. The molecule has 1 spiro atoms. The number of fused-ring (bicyclic) bond motifs is 3. The predicted molar refractivity (Wildman–Crippen MR) is 132 cm³/mol. The predicted octanol–water partition coefficient (Wildman–Crippen LogP) is 2.90. The molecular formula is C27H26F3N5O4. The average molecular weight is 542 g/mol. The molecule has 39 heavy (non-hydrogen) atoms. The van der Waals surface area contributed by atoms with Gasteiger partial charge in [0.25, 0.3) is 11.8 Å². The van der Waals surface area contributed by atoms with Crippen molar-refractivity contribution in [3.05, 3.63) is 70.2 Å². The standard InChI is InChI=1S/C27H26F3N5O4/c1-15-2-5-20(31-12-15)35-22(24(37)32-13-25(38)8-9-25)21-19(34-35)11-26(33-23(21)36)7-6-16-10-17(3-4-18(16)26)39-14-27(28,29)30/h2-5,10,12,38H,6-9,11,13-14H2,1H3,(H,32,37)(H,33,36)/t26-/m0/s1. The molecule has 0 unspecified atom stereocenters. The van der Waals surface area contributed by atoms with Gasteiger partial charge in [0.05, 0.1) is 22.4 Å². The van der Waals surface area contributed by atoms with E-state index in [4.69, 9.17) is 4.74 Å². The third kappa shape index (κ3) is 4.73. The van der Waals surface area contributed by atoms with Gasteiger partial charge in [0.2, 0.25) is 0 Å². The number of ether oxygens (including phenoxy) is 1. The summed E-state index contributed by atoms with van der Waals surface area (Å²) in [6.07, 6.45) is -0.296. The van der Waals surface area contributed by atoms with Gasteiger partial charge in [-0.05, 0) is 67.5 Å². The Morgan fingerprint density at radius 3 is 2.72 bits per heavy atom. The van der Waals surface area contributed by atoms with Crippen LogP contribution in [0, 0.1) is 6.92 Å². The zero-order valence-electron chi connectivity index (χ0n) is 21.1. The van der Waals surface area contributed by atoms with Gasteiger partial charge in [-0.15, -0.1) is 0 Å². The number of benzene rings is 1. The number of hydrogen-bond acceptors (Lipinski definition) is 6. The Labute approximate surface area is 221 Å². The van der Waals surface area contributed by atoms with E-state index in [1.165, 1.54) is 10.7 Å². The van der Waals surface area contributed by atoms with Crippen molar-refractivity contribution >= 4 is 11.8 Å². The number of carbonyl (C=O) groups excluding carboxylic acids is 2. The molecule has 2 amide bonds. The number of aliphatic hydroxyl groups is 1. The highest BCUT2D eigenvalue weighted by molar-refractivity contribution is 6.08. The van der Waals surface area contributed by atoms with Crippen LogP contribution in [0.1, 0.15) is 62.5 Å². The second-order valence-electron chi connectivity index (χ2n) is 10.6. The zero-order valence-corrected chi connectivity index (χ0v) is 21.1. The van der Waals surface area contributed by atoms with Crippen molar-refractivity contribution in [2.75, 3.05) is 13.2 Å². The fourth-order valence-corrected chi connectivity index (χ4v) is 5.34. The minimum atomic E-state index is -4.44. The van der Waals surface area contributed by atoms with Crippen LogP contribution in [-0.2, 0) is 18.4 Å². The van der Waals surface area contributed by atoms with Crippen LogP contribution >= 0.6 is 0 Å². The van der Waals surface area contributed by atoms with E-state index in [1.807, 2.05) is 13.0 Å². The summed E-state index contributed by atoms with van der Waals surface area (Å²) in [5.41, 5.74) is 1.33. The molecular weight excluding hydrogens is 515 g/mol. The van der Waals surface area contributed by atoms with Gasteiger partial charge in [-0.1, -0.05) is 12.1 Å². The number of carbonyl (C=O) groups is 2. The van der Waals surface area contributed by atoms with Crippen molar-refractivity contribution in [2.24, 2.45) is 0 Å². The van der Waals surface area contributed by atoms with Crippen LogP contribution in [-0.4, -0.2) is 56.6 Å².